The molecule has 0 aliphatic carbocycles. The van der Waals surface area contributed by atoms with Crippen molar-refractivity contribution in [2.45, 2.75) is 18.2 Å². The Balaban J connectivity index is 1.76. The van der Waals surface area contributed by atoms with E-state index in [1.807, 2.05) is 0 Å². The van der Waals surface area contributed by atoms with Gasteiger partial charge in [0.25, 0.3) is 0 Å². The maximum atomic E-state index is 13.5. The number of hydrogen-bond donors (Lipinski definition) is 2. The van der Waals surface area contributed by atoms with Gasteiger partial charge in [-0.15, -0.1) is 0 Å². The first-order valence-electron chi connectivity index (χ1n) is 8.30. The van der Waals surface area contributed by atoms with Crippen LogP contribution in [-0.2, 0) is 17.4 Å². The van der Waals surface area contributed by atoms with Crippen LogP contribution in [0.15, 0.2) is 55.2 Å². The molecule has 1 amide bonds. The van der Waals surface area contributed by atoms with Gasteiger partial charge in [0.1, 0.15) is 5.75 Å². The minimum absolute atomic E-state index is 0.181. The van der Waals surface area contributed by atoms with Gasteiger partial charge in [-0.25, -0.2) is 9.97 Å². The van der Waals surface area contributed by atoms with E-state index in [9.17, 15) is 23.1 Å². The van der Waals surface area contributed by atoms with Gasteiger partial charge in [-0.3, -0.25) is 9.78 Å². The number of carbonyl (C=O) groups is 1. The van der Waals surface area contributed by atoms with Crippen LogP contribution in [0.3, 0.4) is 0 Å². The largest absolute Gasteiger partial charge is 0.437 e. The maximum Gasteiger partial charge on any atom is 0.425 e. The highest BCUT2D eigenvalue weighted by atomic mass is 19.4. The highest BCUT2D eigenvalue weighted by Crippen LogP contribution is 2.41. The van der Waals surface area contributed by atoms with Gasteiger partial charge in [0.15, 0.2) is 5.82 Å². The summed E-state index contributed by atoms with van der Waals surface area (Å²) in [6, 6.07) is 5.98. The molecule has 0 bridgehead atoms. The van der Waals surface area contributed by atoms with E-state index in [0.717, 1.165) is 10.8 Å². The summed E-state index contributed by atoms with van der Waals surface area (Å²) < 4.78 is 47.1. The minimum atomic E-state index is -5.11. The van der Waals surface area contributed by atoms with E-state index < -0.39 is 29.9 Å². The van der Waals surface area contributed by atoms with Crippen molar-refractivity contribution in [1.82, 2.24) is 19.5 Å². The molecule has 0 saturated carbocycles. The van der Waals surface area contributed by atoms with Crippen molar-refractivity contribution in [3.63, 3.8) is 0 Å². The summed E-state index contributed by atoms with van der Waals surface area (Å²) in [6.45, 7) is 0. The number of alkyl halides is 3. The zero-order valence-corrected chi connectivity index (χ0v) is 15.1. The Kier molecular flexibility index (Phi) is 5.50. The molecule has 1 unspecified atom stereocenters. The molecular formula is C18H16F3N5O3. The molecule has 3 aromatic rings. The fourth-order valence-corrected chi connectivity index (χ4v) is 2.60. The smallest absolute Gasteiger partial charge is 0.425 e. The molecule has 0 saturated heterocycles. The van der Waals surface area contributed by atoms with Gasteiger partial charge in [0.05, 0.1) is 12.6 Å². The zero-order valence-electron chi connectivity index (χ0n) is 15.1. The van der Waals surface area contributed by atoms with Crippen LogP contribution in [0.4, 0.5) is 18.9 Å². The summed E-state index contributed by atoms with van der Waals surface area (Å²) in [7, 11) is 1.30. The van der Waals surface area contributed by atoms with Gasteiger partial charge in [-0.1, -0.05) is 6.07 Å². The number of hydrogen-bond acceptors (Lipinski definition) is 6. The number of halogens is 3. The number of aryl methyl sites for hydroxylation is 1. The lowest BCUT2D eigenvalue weighted by Gasteiger charge is -2.29. The summed E-state index contributed by atoms with van der Waals surface area (Å²) in [5, 5.41) is 12.6. The number of aliphatic hydroxyl groups is 1. The first kappa shape index (κ1) is 20.3. The monoisotopic (exact) mass is 407 g/mol. The Morgan fingerprint density at radius 1 is 1.24 bits per heavy atom. The summed E-state index contributed by atoms with van der Waals surface area (Å²) in [5.41, 5.74) is -3.26. The Hall–Kier alpha value is -3.47. The quantitative estimate of drug-likeness (QED) is 0.652. The highest BCUT2D eigenvalue weighted by molar-refractivity contribution is 5.91. The van der Waals surface area contributed by atoms with Crippen molar-refractivity contribution < 1.29 is 27.8 Å². The number of carbonyl (C=O) groups excluding carboxylic acids is 1. The summed E-state index contributed by atoms with van der Waals surface area (Å²) in [5.74, 6) is -1.24. The van der Waals surface area contributed by atoms with Crippen LogP contribution in [0.1, 0.15) is 12.2 Å². The Morgan fingerprint density at radius 2 is 2.03 bits per heavy atom. The molecule has 0 aliphatic rings. The number of nitrogens with one attached hydrogen (secondary N) is 1. The molecule has 2 N–H and O–H groups in total. The topological polar surface area (TPSA) is 102 Å². The molecule has 1 atom stereocenters. The molecular weight excluding hydrogens is 391 g/mol. The van der Waals surface area contributed by atoms with E-state index in [1.165, 1.54) is 50.0 Å². The first-order valence-corrected chi connectivity index (χ1v) is 8.30. The summed E-state index contributed by atoms with van der Waals surface area (Å²) >= 11 is 0. The van der Waals surface area contributed by atoms with Crippen LogP contribution in [0.25, 0.3) is 0 Å². The molecule has 0 fully saturated rings. The van der Waals surface area contributed by atoms with E-state index in [0.29, 0.717) is 5.75 Å². The predicted octanol–water partition coefficient (Wildman–Crippen LogP) is 2.78. The van der Waals surface area contributed by atoms with Crippen LogP contribution in [0, 0.1) is 0 Å². The van der Waals surface area contributed by atoms with Gasteiger partial charge in [-0.2, -0.15) is 13.2 Å². The summed E-state index contributed by atoms with van der Waals surface area (Å²) in [4.78, 5) is 23.6. The first-order chi connectivity index (χ1) is 13.7. The van der Waals surface area contributed by atoms with Crippen molar-refractivity contribution in [2.24, 2.45) is 7.05 Å². The Morgan fingerprint density at radius 3 is 2.66 bits per heavy atom. The summed E-state index contributed by atoms with van der Waals surface area (Å²) in [6.07, 6.45) is 0.246. The second kappa shape index (κ2) is 7.87. The molecule has 1 aromatic carbocycles. The number of benzene rings is 1. The van der Waals surface area contributed by atoms with Crippen molar-refractivity contribution in [3.05, 3.63) is 61.1 Å². The molecule has 0 aliphatic heterocycles. The Labute approximate surface area is 163 Å². The average Bonchev–Trinajstić information content (AvgIpc) is 3.08. The van der Waals surface area contributed by atoms with Crippen LogP contribution in [0.2, 0.25) is 0 Å². The fourth-order valence-electron chi connectivity index (χ4n) is 2.60. The van der Waals surface area contributed by atoms with Crippen LogP contribution >= 0.6 is 0 Å². The second-order valence-electron chi connectivity index (χ2n) is 6.12. The molecule has 3 rings (SSSR count). The van der Waals surface area contributed by atoms with Gasteiger partial charge in [-0.05, 0) is 12.1 Å². The molecule has 152 valence electrons. The van der Waals surface area contributed by atoms with Crippen molar-refractivity contribution in [1.29, 1.82) is 0 Å². The van der Waals surface area contributed by atoms with E-state index in [2.05, 4.69) is 20.3 Å². The van der Waals surface area contributed by atoms with Crippen molar-refractivity contribution in [3.8, 4) is 11.6 Å². The van der Waals surface area contributed by atoms with E-state index in [1.54, 1.807) is 6.07 Å². The van der Waals surface area contributed by atoms with E-state index in [-0.39, 0.29) is 11.6 Å². The van der Waals surface area contributed by atoms with Crippen LogP contribution in [0.5, 0.6) is 11.6 Å². The number of amides is 1. The molecule has 2 heterocycles. The maximum absolute atomic E-state index is 13.5. The number of anilines is 1. The molecule has 29 heavy (non-hydrogen) atoms. The van der Waals surface area contributed by atoms with Gasteiger partial charge < -0.3 is 19.7 Å². The van der Waals surface area contributed by atoms with Gasteiger partial charge >= 0.3 is 6.18 Å². The van der Waals surface area contributed by atoms with Crippen LogP contribution in [-0.4, -0.2) is 36.7 Å². The second-order valence-corrected chi connectivity index (χ2v) is 6.12. The lowest BCUT2D eigenvalue weighted by atomic mass is 9.97. The van der Waals surface area contributed by atoms with Gasteiger partial charge in [0, 0.05) is 43.6 Å². The van der Waals surface area contributed by atoms with Crippen LogP contribution < -0.4 is 10.1 Å². The molecule has 11 heteroatoms. The number of rotatable bonds is 6. The number of aromatic nitrogens is 4. The number of imidazole rings is 1. The predicted molar refractivity (Wildman–Crippen MR) is 95.0 cm³/mol. The third-order valence-electron chi connectivity index (χ3n) is 3.96. The SMILES string of the molecule is Cn1ccnc1C(O)(CC(=O)Nc1cccc(Oc2cnccn2)c1)C(F)(F)F. The van der Waals surface area contributed by atoms with E-state index >= 15 is 0 Å². The lowest BCUT2D eigenvalue weighted by Crippen LogP contribution is -2.46. The average molecular weight is 407 g/mol. The van der Waals surface area contributed by atoms with Crippen molar-refractivity contribution in [2.75, 3.05) is 5.32 Å². The lowest BCUT2D eigenvalue weighted by molar-refractivity contribution is -0.270. The molecule has 8 nitrogen and oxygen atoms in total. The van der Waals surface area contributed by atoms with Crippen molar-refractivity contribution >= 4 is 11.6 Å². The minimum Gasteiger partial charge on any atom is -0.437 e. The molecule has 0 spiro atoms. The highest BCUT2D eigenvalue weighted by Gasteiger charge is 2.58. The number of ether oxygens (including phenoxy) is 1. The van der Waals surface area contributed by atoms with Gasteiger partial charge in [0.2, 0.25) is 17.4 Å². The molecule has 2 aromatic heterocycles. The third-order valence-corrected chi connectivity index (χ3v) is 3.96. The van der Waals surface area contributed by atoms with E-state index in [4.69, 9.17) is 4.74 Å². The zero-order chi connectivity index (χ0) is 21.1. The molecule has 0 radical (unpaired) electrons. The number of nitrogens with zero attached hydrogens (tertiary/aromatic N) is 4. The Bertz CT molecular complexity index is 994. The normalized spacial score (nSPS) is 13.6. The standard InChI is InChI=1S/C18H16F3N5O3/c1-26-8-7-24-16(26)17(28,18(19,20)21)10-14(27)25-12-3-2-4-13(9-12)29-15-11-22-5-6-23-15/h2-9,11,28H,10H2,1H3,(H,25,27). The fraction of sp³-hybridized carbons (Fsp3) is 0.222. The third kappa shape index (κ3) is 4.51.